The minimum absolute atomic E-state index is 0.0594. The fourth-order valence-electron chi connectivity index (χ4n) is 2.76. The van der Waals surface area contributed by atoms with Crippen LogP contribution in [0.3, 0.4) is 0 Å². The molecule has 0 atom stereocenters. The lowest BCUT2D eigenvalue weighted by Crippen LogP contribution is -2.27. The third kappa shape index (κ3) is 4.57. The van der Waals surface area contributed by atoms with Crippen molar-refractivity contribution in [1.82, 2.24) is 4.90 Å². The fourth-order valence-corrected chi connectivity index (χ4v) is 3.18. The summed E-state index contributed by atoms with van der Waals surface area (Å²) in [7, 11) is 0. The molecule has 2 aromatic carbocycles. The topological polar surface area (TPSA) is 49.4 Å². The molecule has 1 N–H and O–H groups in total. The molecular formula is C20H19BrN2O2. The molecule has 0 spiro atoms. The van der Waals surface area contributed by atoms with Crippen LogP contribution in [-0.2, 0) is 4.79 Å². The van der Waals surface area contributed by atoms with Crippen LogP contribution in [0.1, 0.15) is 28.8 Å². The first-order valence-corrected chi connectivity index (χ1v) is 9.06. The monoisotopic (exact) mass is 398 g/mol. The van der Waals surface area contributed by atoms with E-state index in [-0.39, 0.29) is 11.8 Å². The molecule has 0 saturated carbocycles. The van der Waals surface area contributed by atoms with Crippen LogP contribution < -0.4 is 5.32 Å². The molecule has 128 valence electrons. The lowest BCUT2D eigenvalue weighted by molar-refractivity contribution is -0.111. The molecule has 0 aromatic heterocycles. The van der Waals surface area contributed by atoms with Gasteiger partial charge in [0.05, 0.1) is 0 Å². The van der Waals surface area contributed by atoms with E-state index in [9.17, 15) is 9.59 Å². The maximum atomic E-state index is 12.3. The van der Waals surface area contributed by atoms with E-state index in [2.05, 4.69) is 21.2 Å². The number of carbonyl (C=O) groups excluding carboxylic acids is 2. The highest BCUT2D eigenvalue weighted by Crippen LogP contribution is 2.18. The Morgan fingerprint density at radius 3 is 2.36 bits per heavy atom. The summed E-state index contributed by atoms with van der Waals surface area (Å²) in [5.74, 6) is -0.154. The Bertz CT molecular complexity index is 794. The average molecular weight is 399 g/mol. The van der Waals surface area contributed by atoms with Gasteiger partial charge in [-0.25, -0.2) is 0 Å². The standard InChI is InChI=1S/C20H19BrN2O2/c21-18-6-2-1-5-15(18)9-12-19(24)22-17-10-7-16(8-11-17)20(25)23-13-3-4-14-23/h1-2,5-12H,3-4,13-14H2,(H,22,24)/b12-9+. The fraction of sp³-hybridized carbons (Fsp3) is 0.200. The van der Waals surface area contributed by atoms with Crippen LogP contribution in [0.25, 0.3) is 6.08 Å². The van der Waals surface area contributed by atoms with E-state index in [1.807, 2.05) is 29.2 Å². The highest BCUT2D eigenvalue weighted by Gasteiger charge is 2.19. The molecule has 0 aliphatic carbocycles. The van der Waals surface area contributed by atoms with Crippen LogP contribution >= 0.6 is 15.9 Å². The molecule has 0 unspecified atom stereocenters. The Kier molecular flexibility index (Phi) is 5.66. The molecule has 2 amide bonds. The second-order valence-corrected chi connectivity index (χ2v) is 6.78. The zero-order valence-corrected chi connectivity index (χ0v) is 15.3. The summed E-state index contributed by atoms with van der Waals surface area (Å²) in [6.07, 6.45) is 5.39. The predicted octanol–water partition coefficient (Wildman–Crippen LogP) is 4.34. The van der Waals surface area contributed by atoms with Crippen molar-refractivity contribution in [2.75, 3.05) is 18.4 Å². The summed E-state index contributed by atoms with van der Waals surface area (Å²) in [5.41, 5.74) is 2.26. The quantitative estimate of drug-likeness (QED) is 0.778. The summed E-state index contributed by atoms with van der Waals surface area (Å²) >= 11 is 3.44. The molecule has 5 heteroatoms. The van der Waals surface area contributed by atoms with E-state index in [0.717, 1.165) is 36.0 Å². The van der Waals surface area contributed by atoms with Crippen LogP contribution in [-0.4, -0.2) is 29.8 Å². The smallest absolute Gasteiger partial charge is 0.253 e. The molecule has 1 heterocycles. The average Bonchev–Trinajstić information content (AvgIpc) is 3.16. The van der Waals surface area contributed by atoms with Crippen LogP contribution in [0.15, 0.2) is 59.1 Å². The lowest BCUT2D eigenvalue weighted by atomic mass is 10.2. The molecule has 4 nitrogen and oxygen atoms in total. The molecule has 0 radical (unpaired) electrons. The van der Waals surface area contributed by atoms with Crippen LogP contribution in [0.2, 0.25) is 0 Å². The maximum absolute atomic E-state index is 12.3. The van der Waals surface area contributed by atoms with Crippen molar-refractivity contribution in [2.24, 2.45) is 0 Å². The van der Waals surface area contributed by atoms with Gasteiger partial charge in [-0.05, 0) is 54.8 Å². The molecule has 1 fully saturated rings. The molecule has 1 aliphatic rings. The van der Waals surface area contributed by atoms with E-state index in [0.29, 0.717) is 11.3 Å². The zero-order chi connectivity index (χ0) is 17.6. The summed E-state index contributed by atoms with van der Waals surface area (Å²) in [5, 5.41) is 2.80. The Hall–Kier alpha value is -2.40. The van der Waals surface area contributed by atoms with E-state index in [1.165, 1.54) is 6.08 Å². The number of hydrogen-bond acceptors (Lipinski definition) is 2. The van der Waals surface area contributed by atoms with Crippen molar-refractivity contribution in [1.29, 1.82) is 0 Å². The minimum atomic E-state index is -0.214. The first-order valence-electron chi connectivity index (χ1n) is 8.26. The van der Waals surface area contributed by atoms with Gasteiger partial charge in [0.2, 0.25) is 5.91 Å². The number of anilines is 1. The van der Waals surface area contributed by atoms with Crippen molar-refractivity contribution < 1.29 is 9.59 Å². The number of nitrogens with zero attached hydrogens (tertiary/aromatic N) is 1. The van der Waals surface area contributed by atoms with Crippen LogP contribution in [0.4, 0.5) is 5.69 Å². The van der Waals surface area contributed by atoms with Gasteiger partial charge in [0.15, 0.2) is 0 Å². The zero-order valence-electron chi connectivity index (χ0n) is 13.7. The van der Waals surface area contributed by atoms with E-state index >= 15 is 0 Å². The molecule has 1 aliphatic heterocycles. The van der Waals surface area contributed by atoms with Crippen molar-refractivity contribution >= 4 is 39.5 Å². The second-order valence-electron chi connectivity index (χ2n) is 5.92. The first kappa shape index (κ1) is 17.4. The Labute approximate surface area is 155 Å². The van der Waals surface area contributed by atoms with Crippen molar-refractivity contribution in [2.45, 2.75) is 12.8 Å². The van der Waals surface area contributed by atoms with Gasteiger partial charge in [0.25, 0.3) is 5.91 Å². The lowest BCUT2D eigenvalue weighted by Gasteiger charge is -2.15. The van der Waals surface area contributed by atoms with Crippen LogP contribution in [0.5, 0.6) is 0 Å². The number of hydrogen-bond donors (Lipinski definition) is 1. The van der Waals surface area contributed by atoms with Gasteiger partial charge in [-0.1, -0.05) is 34.1 Å². The Morgan fingerprint density at radius 2 is 1.68 bits per heavy atom. The number of carbonyl (C=O) groups is 2. The highest BCUT2D eigenvalue weighted by molar-refractivity contribution is 9.10. The van der Waals surface area contributed by atoms with Crippen molar-refractivity contribution in [3.63, 3.8) is 0 Å². The predicted molar refractivity (Wildman–Crippen MR) is 103 cm³/mol. The number of halogens is 1. The second kappa shape index (κ2) is 8.12. The minimum Gasteiger partial charge on any atom is -0.339 e. The Balaban J connectivity index is 1.60. The van der Waals surface area contributed by atoms with Crippen molar-refractivity contribution in [3.05, 3.63) is 70.2 Å². The van der Waals surface area contributed by atoms with Gasteiger partial charge in [0.1, 0.15) is 0 Å². The van der Waals surface area contributed by atoms with Crippen LogP contribution in [0, 0.1) is 0 Å². The normalized spacial score (nSPS) is 14.0. The number of benzene rings is 2. The molecular weight excluding hydrogens is 380 g/mol. The largest absolute Gasteiger partial charge is 0.339 e. The molecule has 25 heavy (non-hydrogen) atoms. The van der Waals surface area contributed by atoms with E-state index in [4.69, 9.17) is 0 Å². The van der Waals surface area contributed by atoms with Gasteiger partial charge < -0.3 is 10.2 Å². The number of likely N-dealkylation sites (tertiary alicyclic amines) is 1. The van der Waals surface area contributed by atoms with E-state index in [1.54, 1.807) is 30.3 Å². The third-order valence-corrected chi connectivity index (χ3v) is 4.83. The molecule has 0 bridgehead atoms. The Morgan fingerprint density at radius 1 is 1.00 bits per heavy atom. The van der Waals surface area contributed by atoms with Gasteiger partial charge in [-0.15, -0.1) is 0 Å². The van der Waals surface area contributed by atoms with Gasteiger partial charge in [-0.3, -0.25) is 9.59 Å². The number of nitrogens with one attached hydrogen (secondary N) is 1. The summed E-state index contributed by atoms with van der Waals surface area (Å²) in [6.45, 7) is 1.66. The van der Waals surface area contributed by atoms with Gasteiger partial charge >= 0.3 is 0 Å². The molecule has 3 rings (SSSR count). The summed E-state index contributed by atoms with van der Waals surface area (Å²) in [6, 6.07) is 14.7. The summed E-state index contributed by atoms with van der Waals surface area (Å²) in [4.78, 5) is 26.2. The molecule has 2 aromatic rings. The van der Waals surface area contributed by atoms with Gasteiger partial charge in [0, 0.05) is 34.9 Å². The van der Waals surface area contributed by atoms with Gasteiger partial charge in [-0.2, -0.15) is 0 Å². The summed E-state index contributed by atoms with van der Waals surface area (Å²) < 4.78 is 0.934. The maximum Gasteiger partial charge on any atom is 0.253 e. The highest BCUT2D eigenvalue weighted by atomic mass is 79.9. The van der Waals surface area contributed by atoms with Crippen molar-refractivity contribution in [3.8, 4) is 0 Å². The first-order chi connectivity index (χ1) is 12.1. The SMILES string of the molecule is O=C(/C=C/c1ccccc1Br)Nc1ccc(C(=O)N2CCCC2)cc1. The number of rotatable bonds is 4. The van der Waals surface area contributed by atoms with E-state index < -0.39 is 0 Å². The molecule has 1 saturated heterocycles. The third-order valence-electron chi connectivity index (χ3n) is 4.11. The number of amides is 2.